The van der Waals surface area contributed by atoms with E-state index in [4.69, 9.17) is 5.73 Å². The first-order valence-electron chi connectivity index (χ1n) is 6.86. The van der Waals surface area contributed by atoms with E-state index in [9.17, 15) is 5.11 Å². The van der Waals surface area contributed by atoms with Gasteiger partial charge in [0.2, 0.25) is 0 Å². The molecule has 0 aliphatic heterocycles. The molecule has 3 N–H and O–H groups in total. The Kier molecular flexibility index (Phi) is 4.75. The van der Waals surface area contributed by atoms with Gasteiger partial charge in [-0.05, 0) is 49.4 Å². The van der Waals surface area contributed by atoms with Crippen LogP contribution in [-0.4, -0.2) is 42.8 Å². The predicted octanol–water partition coefficient (Wildman–Crippen LogP) is 0.969. The third-order valence-electron chi connectivity index (χ3n) is 3.74. The molecule has 0 saturated carbocycles. The molecule has 1 aromatic rings. The lowest BCUT2D eigenvalue weighted by atomic mass is 10.0. The van der Waals surface area contributed by atoms with Gasteiger partial charge in [0.25, 0.3) is 0 Å². The van der Waals surface area contributed by atoms with Crippen molar-refractivity contribution >= 4 is 0 Å². The van der Waals surface area contributed by atoms with Crippen molar-refractivity contribution in [1.29, 1.82) is 0 Å². The van der Waals surface area contributed by atoms with Crippen molar-refractivity contribution in [1.82, 2.24) is 4.90 Å². The Labute approximate surface area is 110 Å². The fourth-order valence-corrected chi connectivity index (χ4v) is 2.63. The van der Waals surface area contributed by atoms with E-state index in [1.54, 1.807) is 0 Å². The number of likely N-dealkylation sites (N-methyl/N-ethyl adjacent to an activating group) is 1. The van der Waals surface area contributed by atoms with E-state index in [0.29, 0.717) is 13.1 Å². The van der Waals surface area contributed by atoms with Crippen LogP contribution in [0.4, 0.5) is 0 Å². The van der Waals surface area contributed by atoms with Crippen molar-refractivity contribution in [3.8, 4) is 0 Å². The monoisotopic (exact) mass is 248 g/mol. The van der Waals surface area contributed by atoms with E-state index in [0.717, 1.165) is 13.0 Å². The summed E-state index contributed by atoms with van der Waals surface area (Å²) in [5.74, 6) is 0. The lowest BCUT2D eigenvalue weighted by Gasteiger charge is -2.19. The Morgan fingerprint density at radius 2 is 2.11 bits per heavy atom. The zero-order valence-electron chi connectivity index (χ0n) is 11.2. The van der Waals surface area contributed by atoms with Crippen LogP contribution in [0.3, 0.4) is 0 Å². The molecule has 3 nitrogen and oxygen atoms in total. The molecule has 0 fully saturated rings. The van der Waals surface area contributed by atoms with Gasteiger partial charge < -0.3 is 15.7 Å². The Balaban J connectivity index is 1.83. The molecule has 0 radical (unpaired) electrons. The number of aryl methyl sites for hydroxylation is 2. The lowest BCUT2D eigenvalue weighted by molar-refractivity contribution is 0.133. The van der Waals surface area contributed by atoms with Crippen LogP contribution in [-0.2, 0) is 19.3 Å². The van der Waals surface area contributed by atoms with Crippen molar-refractivity contribution in [3.05, 3.63) is 34.9 Å². The average Bonchev–Trinajstić information content (AvgIpc) is 2.83. The van der Waals surface area contributed by atoms with E-state index < -0.39 is 6.10 Å². The highest BCUT2D eigenvalue weighted by molar-refractivity contribution is 5.35. The molecule has 0 aromatic heterocycles. The normalized spacial score (nSPS) is 16.0. The second kappa shape index (κ2) is 6.32. The van der Waals surface area contributed by atoms with E-state index >= 15 is 0 Å². The summed E-state index contributed by atoms with van der Waals surface area (Å²) in [6, 6.07) is 6.89. The van der Waals surface area contributed by atoms with Crippen LogP contribution in [0.1, 0.15) is 23.1 Å². The summed E-state index contributed by atoms with van der Waals surface area (Å²) in [7, 11) is 2.03. The lowest BCUT2D eigenvalue weighted by Crippen LogP contribution is -2.35. The number of benzene rings is 1. The minimum absolute atomic E-state index is 0.336. The molecule has 100 valence electrons. The third kappa shape index (κ3) is 3.55. The second-order valence-electron chi connectivity index (χ2n) is 5.36. The van der Waals surface area contributed by atoms with Gasteiger partial charge in [0.15, 0.2) is 0 Å². The van der Waals surface area contributed by atoms with Crippen molar-refractivity contribution in [3.63, 3.8) is 0 Å². The van der Waals surface area contributed by atoms with E-state index in [1.165, 1.54) is 36.0 Å². The van der Waals surface area contributed by atoms with Gasteiger partial charge in [0.05, 0.1) is 6.10 Å². The summed E-state index contributed by atoms with van der Waals surface area (Å²) in [5.41, 5.74) is 9.89. The molecule has 1 aliphatic carbocycles. The van der Waals surface area contributed by atoms with Crippen molar-refractivity contribution < 1.29 is 5.11 Å². The molecule has 0 saturated heterocycles. The van der Waals surface area contributed by atoms with Gasteiger partial charge in [-0.25, -0.2) is 0 Å². The Bertz CT molecular complexity index is 392. The average molecular weight is 248 g/mol. The molecule has 2 rings (SSSR count). The summed E-state index contributed by atoms with van der Waals surface area (Å²) in [6.07, 6.45) is 4.43. The summed E-state index contributed by atoms with van der Waals surface area (Å²) in [4.78, 5) is 2.14. The quantitative estimate of drug-likeness (QED) is 0.788. The first-order valence-corrected chi connectivity index (χ1v) is 6.86. The molecular weight excluding hydrogens is 224 g/mol. The number of hydrogen-bond acceptors (Lipinski definition) is 3. The number of aliphatic hydroxyl groups excluding tert-OH is 1. The van der Waals surface area contributed by atoms with Crippen LogP contribution in [0.25, 0.3) is 0 Å². The Morgan fingerprint density at radius 1 is 1.33 bits per heavy atom. The zero-order chi connectivity index (χ0) is 13.0. The maximum atomic E-state index is 9.49. The highest BCUT2D eigenvalue weighted by Gasteiger charge is 2.11. The van der Waals surface area contributed by atoms with Gasteiger partial charge in [-0.1, -0.05) is 18.2 Å². The van der Waals surface area contributed by atoms with Crippen LogP contribution in [0, 0.1) is 0 Å². The number of rotatable bonds is 6. The summed E-state index contributed by atoms with van der Waals surface area (Å²) in [6.45, 7) is 1.96. The first-order chi connectivity index (χ1) is 8.69. The number of hydrogen-bond donors (Lipinski definition) is 2. The molecule has 0 bridgehead atoms. The fraction of sp³-hybridized carbons (Fsp3) is 0.600. The molecule has 18 heavy (non-hydrogen) atoms. The molecule has 1 aromatic carbocycles. The van der Waals surface area contributed by atoms with Gasteiger partial charge in [-0.15, -0.1) is 0 Å². The molecule has 3 heteroatoms. The fourth-order valence-electron chi connectivity index (χ4n) is 2.63. The topological polar surface area (TPSA) is 49.5 Å². The van der Waals surface area contributed by atoms with Crippen LogP contribution < -0.4 is 5.73 Å². The van der Waals surface area contributed by atoms with Gasteiger partial charge in [-0.3, -0.25) is 0 Å². The predicted molar refractivity (Wildman–Crippen MR) is 74.7 cm³/mol. The van der Waals surface area contributed by atoms with Crippen molar-refractivity contribution in [2.24, 2.45) is 5.73 Å². The molecule has 0 amide bonds. The smallest absolute Gasteiger partial charge is 0.0788 e. The Morgan fingerprint density at radius 3 is 2.89 bits per heavy atom. The van der Waals surface area contributed by atoms with Crippen LogP contribution in [0.5, 0.6) is 0 Å². The standard InChI is InChI=1S/C15H24N2O/c1-17(11-15(18)10-16)8-7-12-5-6-13-3-2-4-14(13)9-12/h5-6,9,15,18H,2-4,7-8,10-11,16H2,1H3. The SMILES string of the molecule is CN(CCc1ccc2c(c1)CCC2)CC(O)CN. The van der Waals surface area contributed by atoms with Crippen LogP contribution in [0.2, 0.25) is 0 Å². The van der Waals surface area contributed by atoms with Crippen molar-refractivity contribution in [2.45, 2.75) is 31.8 Å². The van der Waals surface area contributed by atoms with E-state index in [-0.39, 0.29) is 0 Å². The highest BCUT2D eigenvalue weighted by Crippen LogP contribution is 2.22. The van der Waals surface area contributed by atoms with E-state index in [2.05, 4.69) is 23.1 Å². The van der Waals surface area contributed by atoms with Gasteiger partial charge in [0, 0.05) is 19.6 Å². The zero-order valence-corrected chi connectivity index (χ0v) is 11.2. The van der Waals surface area contributed by atoms with Gasteiger partial charge >= 0.3 is 0 Å². The van der Waals surface area contributed by atoms with E-state index in [1.807, 2.05) is 7.05 Å². The minimum Gasteiger partial charge on any atom is -0.390 e. The molecule has 1 unspecified atom stereocenters. The first kappa shape index (κ1) is 13.5. The minimum atomic E-state index is -0.407. The van der Waals surface area contributed by atoms with Crippen molar-refractivity contribution in [2.75, 3.05) is 26.7 Å². The molecule has 1 atom stereocenters. The third-order valence-corrected chi connectivity index (χ3v) is 3.74. The molecular formula is C15H24N2O. The van der Waals surface area contributed by atoms with Crippen LogP contribution >= 0.6 is 0 Å². The number of nitrogens with zero attached hydrogens (tertiary/aromatic N) is 1. The molecule has 0 heterocycles. The highest BCUT2D eigenvalue weighted by atomic mass is 16.3. The maximum Gasteiger partial charge on any atom is 0.0788 e. The van der Waals surface area contributed by atoms with Gasteiger partial charge in [0.1, 0.15) is 0 Å². The number of fused-ring (bicyclic) bond motifs is 1. The second-order valence-corrected chi connectivity index (χ2v) is 5.36. The number of nitrogens with two attached hydrogens (primary N) is 1. The summed E-state index contributed by atoms with van der Waals surface area (Å²) in [5, 5.41) is 9.49. The van der Waals surface area contributed by atoms with Crippen LogP contribution in [0.15, 0.2) is 18.2 Å². The number of aliphatic hydroxyl groups is 1. The summed E-state index contributed by atoms with van der Waals surface area (Å²) < 4.78 is 0. The van der Waals surface area contributed by atoms with Gasteiger partial charge in [-0.2, -0.15) is 0 Å². The maximum absolute atomic E-state index is 9.49. The largest absolute Gasteiger partial charge is 0.390 e. The molecule has 1 aliphatic rings. The summed E-state index contributed by atoms with van der Waals surface area (Å²) >= 11 is 0. The molecule has 0 spiro atoms. The Hall–Kier alpha value is -0.900.